The molecule has 1 aromatic carbocycles. The van der Waals surface area contributed by atoms with Crippen LogP contribution < -0.4 is 0 Å². The van der Waals surface area contributed by atoms with Gasteiger partial charge in [-0.15, -0.1) is 11.3 Å². The Hall–Kier alpha value is -1.12. The van der Waals surface area contributed by atoms with Crippen LogP contribution in [0.1, 0.15) is 56.5 Å². The van der Waals surface area contributed by atoms with Gasteiger partial charge in [0, 0.05) is 4.88 Å². The highest BCUT2D eigenvalue weighted by Gasteiger charge is 1.97. The van der Waals surface area contributed by atoms with Gasteiger partial charge in [-0.25, -0.2) is 0 Å². The molecule has 0 aliphatic carbocycles. The Bertz CT molecular complexity index is 446. The van der Waals surface area contributed by atoms with Crippen molar-refractivity contribution in [3.63, 3.8) is 0 Å². The van der Waals surface area contributed by atoms with Crippen LogP contribution in [0.5, 0.6) is 0 Å². The third-order valence-electron chi connectivity index (χ3n) is 2.93. The molecule has 0 saturated heterocycles. The molecule has 0 N–H and O–H groups in total. The summed E-state index contributed by atoms with van der Waals surface area (Å²) in [6, 6.07) is 12.5. The van der Waals surface area contributed by atoms with Gasteiger partial charge in [0.2, 0.25) is 0 Å². The summed E-state index contributed by atoms with van der Waals surface area (Å²) in [5.74, 6) is 0. The molecule has 0 unspecified atom stereocenters. The van der Waals surface area contributed by atoms with Gasteiger partial charge < -0.3 is 4.74 Å². The second kappa shape index (κ2) is 14.8. The number of unbranched alkanes of at least 4 members (excludes halogenated alkanes) is 1. The van der Waals surface area contributed by atoms with Crippen LogP contribution in [0.4, 0.5) is 0 Å². The van der Waals surface area contributed by atoms with E-state index in [-0.39, 0.29) is 0 Å². The molecule has 0 spiro atoms. The predicted molar refractivity (Wildman–Crippen MR) is 101 cm³/mol. The summed E-state index contributed by atoms with van der Waals surface area (Å²) in [5, 5.41) is 2.21. The lowest BCUT2D eigenvalue weighted by atomic mass is 10.2. The van der Waals surface area contributed by atoms with Crippen LogP contribution in [0.2, 0.25) is 0 Å². The molecular formula is C20H32OS. The maximum atomic E-state index is 5.64. The number of thiophene rings is 1. The maximum absolute atomic E-state index is 5.64. The second-order valence-corrected chi connectivity index (χ2v) is 5.97. The molecule has 124 valence electrons. The summed E-state index contributed by atoms with van der Waals surface area (Å²) in [5.41, 5.74) is 2.62. The Labute approximate surface area is 141 Å². The van der Waals surface area contributed by atoms with Crippen LogP contribution in [-0.2, 0) is 17.8 Å². The summed E-state index contributed by atoms with van der Waals surface area (Å²) in [6.07, 6.45) is 3.65. The average molecular weight is 321 g/mol. The van der Waals surface area contributed by atoms with E-state index in [0.29, 0.717) is 6.61 Å². The Morgan fingerprint density at radius 1 is 0.955 bits per heavy atom. The zero-order valence-corrected chi connectivity index (χ0v) is 15.7. The number of benzene rings is 1. The molecule has 0 bridgehead atoms. The zero-order chi connectivity index (χ0) is 16.6. The third-order valence-corrected chi connectivity index (χ3v) is 3.84. The molecule has 0 aliphatic rings. The Balaban J connectivity index is 0.000000640. The minimum atomic E-state index is 0.712. The van der Waals surface area contributed by atoms with E-state index < -0.39 is 0 Å². The summed E-state index contributed by atoms with van der Waals surface area (Å²) in [4.78, 5) is 1.37. The van der Waals surface area contributed by atoms with Crippen molar-refractivity contribution >= 4 is 11.3 Å². The topological polar surface area (TPSA) is 9.23 Å². The molecule has 22 heavy (non-hydrogen) atoms. The van der Waals surface area contributed by atoms with Gasteiger partial charge in [-0.05, 0) is 35.9 Å². The summed E-state index contributed by atoms with van der Waals surface area (Å²) < 4.78 is 5.64. The molecule has 2 heteroatoms. The second-order valence-electron chi connectivity index (χ2n) is 4.85. The van der Waals surface area contributed by atoms with Crippen molar-refractivity contribution < 1.29 is 4.74 Å². The van der Waals surface area contributed by atoms with Crippen LogP contribution in [0, 0.1) is 6.92 Å². The Morgan fingerprint density at radius 2 is 1.59 bits per heavy atom. The first-order chi connectivity index (χ1) is 10.8. The van der Waals surface area contributed by atoms with Gasteiger partial charge in [-0.2, -0.15) is 0 Å². The predicted octanol–water partition coefficient (Wildman–Crippen LogP) is 6.65. The van der Waals surface area contributed by atoms with Crippen LogP contribution in [-0.4, -0.2) is 6.61 Å². The largest absolute Gasteiger partial charge is 0.376 e. The van der Waals surface area contributed by atoms with Crippen molar-refractivity contribution in [1.29, 1.82) is 0 Å². The number of hydrogen-bond donors (Lipinski definition) is 0. The van der Waals surface area contributed by atoms with E-state index in [9.17, 15) is 0 Å². The first-order valence-electron chi connectivity index (χ1n) is 8.42. The van der Waals surface area contributed by atoms with Gasteiger partial charge in [0.15, 0.2) is 0 Å². The van der Waals surface area contributed by atoms with Gasteiger partial charge in [-0.3, -0.25) is 0 Å². The van der Waals surface area contributed by atoms with Crippen molar-refractivity contribution in [3.05, 3.63) is 57.8 Å². The minimum absolute atomic E-state index is 0.712. The fourth-order valence-electron chi connectivity index (χ4n) is 1.58. The number of hydrogen-bond acceptors (Lipinski definition) is 2. The molecular weight excluding hydrogens is 288 g/mol. The lowest BCUT2D eigenvalue weighted by Gasteiger charge is -2.03. The molecule has 0 fully saturated rings. The molecule has 0 aliphatic heterocycles. The molecule has 0 radical (unpaired) electrons. The van der Waals surface area contributed by atoms with Crippen molar-refractivity contribution in [2.45, 2.75) is 60.5 Å². The van der Waals surface area contributed by atoms with Gasteiger partial charge in [-0.1, -0.05) is 70.9 Å². The van der Waals surface area contributed by atoms with Gasteiger partial charge >= 0.3 is 0 Å². The molecule has 1 nitrogen and oxygen atoms in total. The number of ether oxygens (including phenoxy) is 1. The molecule has 0 amide bonds. The third kappa shape index (κ3) is 10.6. The van der Waals surface area contributed by atoms with E-state index in [1.54, 1.807) is 11.3 Å². The lowest BCUT2D eigenvalue weighted by molar-refractivity contribution is 0.124. The van der Waals surface area contributed by atoms with Gasteiger partial charge in [0.1, 0.15) is 0 Å². The maximum Gasteiger partial charge on any atom is 0.0717 e. The molecule has 1 heterocycles. The highest BCUT2D eigenvalue weighted by molar-refractivity contribution is 7.10. The lowest BCUT2D eigenvalue weighted by Crippen LogP contribution is -1.98. The molecule has 0 saturated carbocycles. The average Bonchev–Trinajstić information content (AvgIpc) is 3.00. The SMILES string of the molecule is CC.CCCC.Cc1cc(CCOCc2ccccc2)cs1. The first kappa shape index (κ1) is 20.9. The minimum Gasteiger partial charge on any atom is -0.376 e. The van der Waals surface area contributed by atoms with Crippen LogP contribution in [0.25, 0.3) is 0 Å². The Kier molecular flexibility index (Phi) is 14.0. The van der Waals surface area contributed by atoms with Crippen LogP contribution in [0.15, 0.2) is 41.8 Å². The zero-order valence-electron chi connectivity index (χ0n) is 14.9. The van der Waals surface area contributed by atoms with E-state index in [4.69, 9.17) is 4.74 Å². The molecule has 1 aromatic heterocycles. The van der Waals surface area contributed by atoms with E-state index >= 15 is 0 Å². The smallest absolute Gasteiger partial charge is 0.0717 e. The number of aryl methyl sites for hydroxylation is 1. The van der Waals surface area contributed by atoms with E-state index in [1.165, 1.54) is 28.8 Å². The van der Waals surface area contributed by atoms with Gasteiger partial charge in [0.05, 0.1) is 13.2 Å². The summed E-state index contributed by atoms with van der Waals surface area (Å²) in [7, 11) is 0. The van der Waals surface area contributed by atoms with Crippen molar-refractivity contribution in [3.8, 4) is 0 Å². The monoisotopic (exact) mass is 320 g/mol. The Morgan fingerprint density at radius 3 is 2.09 bits per heavy atom. The van der Waals surface area contributed by atoms with Crippen molar-refractivity contribution in [2.75, 3.05) is 6.61 Å². The van der Waals surface area contributed by atoms with Crippen molar-refractivity contribution in [2.24, 2.45) is 0 Å². The highest BCUT2D eigenvalue weighted by atomic mass is 32.1. The first-order valence-corrected chi connectivity index (χ1v) is 9.29. The van der Waals surface area contributed by atoms with Gasteiger partial charge in [0.25, 0.3) is 0 Å². The van der Waals surface area contributed by atoms with E-state index in [0.717, 1.165) is 13.0 Å². The molecule has 2 aromatic rings. The van der Waals surface area contributed by atoms with E-state index in [1.807, 2.05) is 32.0 Å². The molecule has 0 atom stereocenters. The normalized spacial score (nSPS) is 9.32. The summed E-state index contributed by atoms with van der Waals surface area (Å²) >= 11 is 1.80. The van der Waals surface area contributed by atoms with Crippen LogP contribution in [0.3, 0.4) is 0 Å². The fraction of sp³-hybridized carbons (Fsp3) is 0.500. The quantitative estimate of drug-likeness (QED) is 0.541. The van der Waals surface area contributed by atoms with E-state index in [2.05, 4.69) is 44.4 Å². The summed E-state index contributed by atoms with van der Waals surface area (Å²) in [6.45, 7) is 12.0. The highest BCUT2D eigenvalue weighted by Crippen LogP contribution is 2.13. The standard InChI is InChI=1S/C14H16OS.C4H10.C2H6/c1-12-9-14(11-16-12)7-8-15-10-13-5-3-2-4-6-13;1-3-4-2;1-2/h2-6,9,11H,7-8,10H2,1H3;3-4H2,1-2H3;1-2H3. The number of rotatable bonds is 6. The fourth-order valence-corrected chi connectivity index (χ4v) is 2.33. The van der Waals surface area contributed by atoms with Crippen molar-refractivity contribution in [1.82, 2.24) is 0 Å². The molecule has 2 rings (SSSR count). The van der Waals surface area contributed by atoms with Crippen LogP contribution >= 0.6 is 11.3 Å².